The molecule has 1 aromatic heterocycles. The van der Waals surface area contributed by atoms with Crippen molar-refractivity contribution >= 4 is 16.8 Å². The molecule has 0 spiro atoms. The molecule has 2 aromatic rings. The molecule has 0 radical (unpaired) electrons. The van der Waals surface area contributed by atoms with Crippen molar-refractivity contribution in [1.29, 1.82) is 0 Å². The van der Waals surface area contributed by atoms with Crippen molar-refractivity contribution in [3.8, 4) is 5.75 Å². The monoisotopic (exact) mass is 260 g/mol. The number of hydrogen-bond acceptors (Lipinski definition) is 4. The Morgan fingerprint density at radius 3 is 2.95 bits per heavy atom. The van der Waals surface area contributed by atoms with Gasteiger partial charge in [-0.3, -0.25) is 4.79 Å². The van der Waals surface area contributed by atoms with Crippen molar-refractivity contribution in [2.75, 3.05) is 6.61 Å². The third-order valence-electron chi connectivity index (χ3n) is 3.24. The van der Waals surface area contributed by atoms with Crippen LogP contribution in [-0.2, 0) is 4.74 Å². The Labute approximate surface area is 111 Å². The molecule has 0 saturated carbocycles. The van der Waals surface area contributed by atoms with Crippen LogP contribution in [0.15, 0.2) is 28.7 Å². The van der Waals surface area contributed by atoms with E-state index < -0.39 is 0 Å². The first-order chi connectivity index (χ1) is 9.22. The molecule has 4 heteroatoms. The Balaban J connectivity index is 1.82. The van der Waals surface area contributed by atoms with E-state index in [1.807, 2.05) is 18.2 Å². The minimum absolute atomic E-state index is 0.0747. The second kappa shape index (κ2) is 5.05. The van der Waals surface area contributed by atoms with Gasteiger partial charge in [0.15, 0.2) is 17.8 Å². The first kappa shape index (κ1) is 12.2. The number of carbonyl (C=O) groups is 1. The number of Topliss-reactive ketones (excluding diaryl/α,β-unsaturated/α-hetero) is 1. The van der Waals surface area contributed by atoms with Crippen molar-refractivity contribution in [2.45, 2.75) is 32.5 Å². The lowest BCUT2D eigenvalue weighted by molar-refractivity contribution is -0.105. The van der Waals surface area contributed by atoms with Gasteiger partial charge in [-0.2, -0.15) is 0 Å². The first-order valence-corrected chi connectivity index (χ1v) is 6.55. The van der Waals surface area contributed by atoms with Crippen LogP contribution in [0.25, 0.3) is 11.0 Å². The smallest absolute Gasteiger partial charge is 0.199 e. The van der Waals surface area contributed by atoms with Crippen LogP contribution in [0.3, 0.4) is 0 Å². The third kappa shape index (κ3) is 2.63. The molecule has 4 nitrogen and oxygen atoms in total. The van der Waals surface area contributed by atoms with Crippen molar-refractivity contribution in [3.63, 3.8) is 0 Å². The molecule has 2 heterocycles. The number of ketones is 1. The highest BCUT2D eigenvalue weighted by molar-refractivity contribution is 5.96. The van der Waals surface area contributed by atoms with E-state index in [1.165, 1.54) is 6.92 Å². The van der Waals surface area contributed by atoms with E-state index in [4.69, 9.17) is 13.9 Å². The van der Waals surface area contributed by atoms with Crippen molar-refractivity contribution in [2.24, 2.45) is 0 Å². The number of rotatable bonds is 3. The van der Waals surface area contributed by atoms with Gasteiger partial charge in [0.25, 0.3) is 0 Å². The van der Waals surface area contributed by atoms with E-state index in [0.29, 0.717) is 11.3 Å². The second-order valence-electron chi connectivity index (χ2n) is 4.78. The summed E-state index contributed by atoms with van der Waals surface area (Å²) >= 11 is 0. The van der Waals surface area contributed by atoms with Crippen LogP contribution in [-0.4, -0.2) is 18.7 Å². The lowest BCUT2D eigenvalue weighted by Crippen LogP contribution is -2.24. The van der Waals surface area contributed by atoms with Crippen molar-refractivity contribution in [3.05, 3.63) is 30.0 Å². The molecule has 100 valence electrons. The maximum atomic E-state index is 11.3. The third-order valence-corrected chi connectivity index (χ3v) is 3.24. The number of carbonyl (C=O) groups excluding carboxylic acids is 1. The molecular formula is C15H16O4. The maximum absolute atomic E-state index is 11.3. The summed E-state index contributed by atoms with van der Waals surface area (Å²) in [6.45, 7) is 2.25. The van der Waals surface area contributed by atoms with Gasteiger partial charge in [-0.15, -0.1) is 0 Å². The molecule has 1 atom stereocenters. The molecule has 0 amide bonds. The zero-order chi connectivity index (χ0) is 13.2. The molecule has 0 aliphatic carbocycles. The summed E-state index contributed by atoms with van der Waals surface area (Å²) in [5.74, 6) is 1.05. The van der Waals surface area contributed by atoms with Gasteiger partial charge in [0.2, 0.25) is 0 Å². The fraction of sp³-hybridized carbons (Fsp3) is 0.400. The molecule has 0 bridgehead atoms. The van der Waals surface area contributed by atoms with Crippen molar-refractivity contribution in [1.82, 2.24) is 0 Å². The molecule has 1 fully saturated rings. The molecule has 3 rings (SSSR count). The molecule has 1 aliphatic rings. The van der Waals surface area contributed by atoms with Gasteiger partial charge in [0, 0.05) is 18.7 Å². The van der Waals surface area contributed by atoms with Crippen LogP contribution in [0.4, 0.5) is 0 Å². The Morgan fingerprint density at radius 2 is 2.21 bits per heavy atom. The van der Waals surface area contributed by atoms with E-state index >= 15 is 0 Å². The van der Waals surface area contributed by atoms with Crippen molar-refractivity contribution < 1.29 is 18.7 Å². The minimum atomic E-state index is -0.162. The Bertz CT molecular complexity index is 593. The summed E-state index contributed by atoms with van der Waals surface area (Å²) in [7, 11) is 0. The summed E-state index contributed by atoms with van der Waals surface area (Å²) < 4.78 is 16.8. The Kier molecular flexibility index (Phi) is 3.25. The highest BCUT2D eigenvalue weighted by atomic mass is 16.7. The van der Waals surface area contributed by atoms with Gasteiger partial charge < -0.3 is 13.9 Å². The van der Waals surface area contributed by atoms with Crippen LogP contribution in [0, 0.1) is 0 Å². The number of furan rings is 1. The van der Waals surface area contributed by atoms with E-state index in [-0.39, 0.29) is 12.1 Å². The van der Waals surface area contributed by atoms with Crippen LogP contribution in [0.1, 0.15) is 36.7 Å². The topological polar surface area (TPSA) is 48.7 Å². The van der Waals surface area contributed by atoms with Gasteiger partial charge >= 0.3 is 0 Å². The fourth-order valence-corrected chi connectivity index (χ4v) is 2.22. The summed E-state index contributed by atoms with van der Waals surface area (Å²) in [5.41, 5.74) is 0.696. The molecule has 1 saturated heterocycles. The lowest BCUT2D eigenvalue weighted by Gasteiger charge is -2.23. The summed E-state index contributed by atoms with van der Waals surface area (Å²) in [5, 5.41) is 0.874. The van der Waals surface area contributed by atoms with E-state index in [0.717, 1.165) is 37.0 Å². The predicted octanol–water partition coefficient (Wildman–Crippen LogP) is 3.54. The summed E-state index contributed by atoms with van der Waals surface area (Å²) in [6.07, 6.45) is 2.99. The zero-order valence-electron chi connectivity index (χ0n) is 10.8. The van der Waals surface area contributed by atoms with E-state index in [1.54, 1.807) is 6.07 Å². The predicted molar refractivity (Wildman–Crippen MR) is 70.4 cm³/mol. The zero-order valence-corrected chi connectivity index (χ0v) is 10.8. The van der Waals surface area contributed by atoms with Gasteiger partial charge in [-0.05, 0) is 37.1 Å². The van der Waals surface area contributed by atoms with Crippen LogP contribution in [0.5, 0.6) is 5.75 Å². The molecule has 1 unspecified atom stereocenters. The number of fused-ring (bicyclic) bond motifs is 1. The average Bonchev–Trinajstić information content (AvgIpc) is 2.83. The molecule has 1 aliphatic heterocycles. The Hall–Kier alpha value is -1.81. The van der Waals surface area contributed by atoms with E-state index in [9.17, 15) is 4.79 Å². The highest BCUT2D eigenvalue weighted by Gasteiger charge is 2.16. The standard InChI is InChI=1S/C15H16O4/c1-10(16)14-9-11-8-12(5-6-13(11)19-14)18-15-4-2-3-7-17-15/h5-6,8-9,15H,2-4,7H2,1H3. The lowest BCUT2D eigenvalue weighted by atomic mass is 10.2. The SMILES string of the molecule is CC(=O)c1cc2cc(OC3CCCCO3)ccc2o1. The Morgan fingerprint density at radius 1 is 1.32 bits per heavy atom. The summed E-state index contributed by atoms with van der Waals surface area (Å²) in [4.78, 5) is 11.3. The minimum Gasteiger partial charge on any atom is -0.465 e. The van der Waals surface area contributed by atoms with Crippen LogP contribution < -0.4 is 4.74 Å². The fourth-order valence-electron chi connectivity index (χ4n) is 2.22. The van der Waals surface area contributed by atoms with Crippen LogP contribution >= 0.6 is 0 Å². The van der Waals surface area contributed by atoms with Gasteiger partial charge in [-0.1, -0.05) is 0 Å². The molecule has 1 aromatic carbocycles. The summed E-state index contributed by atoms with van der Waals surface area (Å²) in [6, 6.07) is 7.28. The van der Waals surface area contributed by atoms with Gasteiger partial charge in [-0.25, -0.2) is 0 Å². The quantitative estimate of drug-likeness (QED) is 0.792. The van der Waals surface area contributed by atoms with E-state index in [2.05, 4.69) is 0 Å². The molecular weight excluding hydrogens is 244 g/mol. The maximum Gasteiger partial charge on any atom is 0.199 e. The number of ether oxygens (including phenoxy) is 2. The molecule has 0 N–H and O–H groups in total. The van der Waals surface area contributed by atoms with Gasteiger partial charge in [0.1, 0.15) is 11.3 Å². The highest BCUT2D eigenvalue weighted by Crippen LogP contribution is 2.26. The molecule has 19 heavy (non-hydrogen) atoms. The number of benzene rings is 1. The average molecular weight is 260 g/mol. The largest absolute Gasteiger partial charge is 0.465 e. The van der Waals surface area contributed by atoms with Gasteiger partial charge in [0.05, 0.1) is 6.61 Å². The second-order valence-corrected chi connectivity index (χ2v) is 4.78. The first-order valence-electron chi connectivity index (χ1n) is 6.55. The number of hydrogen-bond donors (Lipinski definition) is 0. The normalized spacial score (nSPS) is 19.5. The van der Waals surface area contributed by atoms with Crippen LogP contribution in [0.2, 0.25) is 0 Å².